The molecule has 1 aliphatic rings. The van der Waals surface area contributed by atoms with Crippen molar-refractivity contribution in [2.75, 3.05) is 19.8 Å². The van der Waals surface area contributed by atoms with E-state index in [0.29, 0.717) is 12.5 Å². The molecule has 0 bridgehead atoms. The van der Waals surface area contributed by atoms with Gasteiger partial charge < -0.3 is 14.8 Å². The third kappa shape index (κ3) is 5.06. The number of ether oxygens (including phenoxy) is 2. The van der Waals surface area contributed by atoms with Crippen molar-refractivity contribution < 1.29 is 14.3 Å². The summed E-state index contributed by atoms with van der Waals surface area (Å²) in [5, 5.41) is 3.36. The lowest BCUT2D eigenvalue weighted by Crippen LogP contribution is -2.56. The molecule has 1 aliphatic carbocycles. The molecule has 0 radical (unpaired) electrons. The Morgan fingerprint density at radius 3 is 2.75 bits per heavy atom. The van der Waals surface area contributed by atoms with Gasteiger partial charge in [-0.3, -0.25) is 4.79 Å². The van der Waals surface area contributed by atoms with Crippen molar-refractivity contribution in [3.63, 3.8) is 0 Å². The van der Waals surface area contributed by atoms with Crippen LogP contribution in [0.5, 0.6) is 0 Å². The van der Waals surface area contributed by atoms with Crippen LogP contribution in [-0.4, -0.2) is 37.4 Å². The van der Waals surface area contributed by atoms with Gasteiger partial charge in [0.25, 0.3) is 0 Å². The van der Waals surface area contributed by atoms with Gasteiger partial charge in [0.05, 0.1) is 12.7 Å². The molecule has 1 rings (SSSR count). The van der Waals surface area contributed by atoms with Crippen LogP contribution in [0.2, 0.25) is 0 Å². The molecular formula is C16H31NO3. The van der Waals surface area contributed by atoms with Crippen LogP contribution in [0.15, 0.2) is 0 Å². The lowest BCUT2D eigenvalue weighted by atomic mass is 9.80. The highest BCUT2D eigenvalue weighted by Gasteiger charge is 2.43. The molecule has 0 aromatic rings. The second-order valence-electron chi connectivity index (χ2n) is 6.10. The van der Waals surface area contributed by atoms with Gasteiger partial charge in [-0.15, -0.1) is 0 Å². The van der Waals surface area contributed by atoms with Gasteiger partial charge in [-0.2, -0.15) is 0 Å². The Balaban J connectivity index is 2.59. The van der Waals surface area contributed by atoms with Crippen molar-refractivity contribution in [1.29, 1.82) is 0 Å². The van der Waals surface area contributed by atoms with Crippen molar-refractivity contribution >= 4 is 5.97 Å². The number of carbonyl (C=O) groups excluding carboxylic acids is 1. The average molecular weight is 285 g/mol. The summed E-state index contributed by atoms with van der Waals surface area (Å²) >= 11 is 0. The third-order valence-electron chi connectivity index (χ3n) is 3.94. The molecule has 0 aliphatic heterocycles. The van der Waals surface area contributed by atoms with Crippen molar-refractivity contribution in [3.05, 3.63) is 0 Å². The van der Waals surface area contributed by atoms with E-state index < -0.39 is 5.54 Å². The highest BCUT2D eigenvalue weighted by atomic mass is 16.5. The lowest BCUT2D eigenvalue weighted by Gasteiger charge is -2.39. The maximum Gasteiger partial charge on any atom is 0.326 e. The molecule has 0 spiro atoms. The molecule has 0 aromatic carbocycles. The van der Waals surface area contributed by atoms with Crippen LogP contribution in [0, 0.1) is 5.92 Å². The van der Waals surface area contributed by atoms with Crippen LogP contribution in [0.1, 0.15) is 59.8 Å². The van der Waals surface area contributed by atoms with Gasteiger partial charge in [0, 0.05) is 13.0 Å². The molecule has 0 heterocycles. The number of nitrogens with one attached hydrogen (secondary N) is 1. The van der Waals surface area contributed by atoms with E-state index in [1.165, 1.54) is 0 Å². The first-order valence-corrected chi connectivity index (χ1v) is 8.08. The van der Waals surface area contributed by atoms with Crippen molar-refractivity contribution in [2.24, 2.45) is 5.92 Å². The van der Waals surface area contributed by atoms with Gasteiger partial charge in [-0.05, 0) is 45.1 Å². The van der Waals surface area contributed by atoms with E-state index in [4.69, 9.17) is 9.47 Å². The third-order valence-corrected chi connectivity index (χ3v) is 3.94. The molecule has 2 atom stereocenters. The Morgan fingerprint density at radius 2 is 2.15 bits per heavy atom. The van der Waals surface area contributed by atoms with Crippen LogP contribution < -0.4 is 5.32 Å². The van der Waals surface area contributed by atoms with Crippen LogP contribution >= 0.6 is 0 Å². The van der Waals surface area contributed by atoms with Gasteiger partial charge in [-0.25, -0.2) is 0 Å². The number of hydrogen-bond acceptors (Lipinski definition) is 4. The predicted octanol–water partition coefficient (Wildman–Crippen LogP) is 2.90. The van der Waals surface area contributed by atoms with E-state index in [2.05, 4.69) is 19.2 Å². The van der Waals surface area contributed by atoms with E-state index in [1.807, 2.05) is 13.8 Å². The topological polar surface area (TPSA) is 47.6 Å². The Hall–Kier alpha value is -0.610. The summed E-state index contributed by atoms with van der Waals surface area (Å²) < 4.78 is 11.2. The van der Waals surface area contributed by atoms with Crippen LogP contribution in [0.25, 0.3) is 0 Å². The summed E-state index contributed by atoms with van der Waals surface area (Å²) in [5.41, 5.74) is -0.536. The van der Waals surface area contributed by atoms with E-state index in [1.54, 1.807) is 0 Å². The van der Waals surface area contributed by atoms with Crippen LogP contribution in [0.3, 0.4) is 0 Å². The molecule has 0 aromatic heterocycles. The van der Waals surface area contributed by atoms with Gasteiger partial charge in [0.15, 0.2) is 0 Å². The predicted molar refractivity (Wildman–Crippen MR) is 80.7 cm³/mol. The Morgan fingerprint density at radius 1 is 1.40 bits per heavy atom. The van der Waals surface area contributed by atoms with Crippen molar-refractivity contribution in [2.45, 2.75) is 71.4 Å². The zero-order valence-electron chi connectivity index (χ0n) is 13.5. The van der Waals surface area contributed by atoms with Gasteiger partial charge >= 0.3 is 5.97 Å². The maximum absolute atomic E-state index is 12.3. The zero-order valence-corrected chi connectivity index (χ0v) is 13.5. The first kappa shape index (κ1) is 17.4. The molecule has 4 heteroatoms. The standard InChI is InChI=1S/C16H31NO3/c1-5-17-16(15(18)19-6-2)10-7-8-14(12-16)20-11-9-13(3)4/h13-14,17H,5-12H2,1-4H3. The lowest BCUT2D eigenvalue weighted by molar-refractivity contribution is -0.155. The summed E-state index contributed by atoms with van der Waals surface area (Å²) in [5.74, 6) is 0.543. The minimum absolute atomic E-state index is 0.112. The van der Waals surface area contributed by atoms with E-state index in [-0.39, 0.29) is 12.1 Å². The fraction of sp³-hybridized carbons (Fsp3) is 0.938. The van der Waals surface area contributed by atoms with Crippen LogP contribution in [0.4, 0.5) is 0 Å². The van der Waals surface area contributed by atoms with Gasteiger partial charge in [0.1, 0.15) is 5.54 Å². The fourth-order valence-corrected chi connectivity index (χ4v) is 2.86. The monoisotopic (exact) mass is 285 g/mol. The molecule has 1 fully saturated rings. The normalized spacial score (nSPS) is 26.8. The maximum atomic E-state index is 12.3. The number of rotatable bonds is 8. The minimum atomic E-state index is -0.536. The largest absolute Gasteiger partial charge is 0.465 e. The summed E-state index contributed by atoms with van der Waals surface area (Å²) in [7, 11) is 0. The summed E-state index contributed by atoms with van der Waals surface area (Å²) in [4.78, 5) is 12.3. The number of esters is 1. The van der Waals surface area contributed by atoms with Gasteiger partial charge in [-0.1, -0.05) is 20.8 Å². The molecule has 118 valence electrons. The van der Waals surface area contributed by atoms with Crippen molar-refractivity contribution in [1.82, 2.24) is 5.32 Å². The number of hydrogen-bond donors (Lipinski definition) is 1. The van der Waals surface area contributed by atoms with E-state index in [9.17, 15) is 4.79 Å². The Labute approximate surface area is 123 Å². The fourth-order valence-electron chi connectivity index (χ4n) is 2.86. The zero-order chi connectivity index (χ0) is 15.0. The highest BCUT2D eigenvalue weighted by Crippen LogP contribution is 2.31. The second-order valence-corrected chi connectivity index (χ2v) is 6.10. The Kier molecular flexibility index (Phi) is 7.52. The number of carbonyl (C=O) groups is 1. The molecule has 20 heavy (non-hydrogen) atoms. The Bertz CT molecular complexity index is 289. The van der Waals surface area contributed by atoms with Gasteiger partial charge in [0.2, 0.25) is 0 Å². The molecule has 2 unspecified atom stereocenters. The smallest absolute Gasteiger partial charge is 0.326 e. The summed E-state index contributed by atoms with van der Waals surface area (Å²) in [6.45, 7) is 10.3. The second kappa shape index (κ2) is 8.63. The first-order valence-electron chi connectivity index (χ1n) is 8.08. The summed E-state index contributed by atoms with van der Waals surface area (Å²) in [6.07, 6.45) is 4.89. The molecular weight excluding hydrogens is 254 g/mol. The average Bonchev–Trinajstić information content (AvgIpc) is 2.39. The molecule has 0 saturated heterocycles. The molecule has 1 saturated carbocycles. The van der Waals surface area contributed by atoms with Crippen LogP contribution in [-0.2, 0) is 14.3 Å². The molecule has 0 amide bonds. The molecule has 1 N–H and O–H groups in total. The SMILES string of the molecule is CCNC1(C(=O)OCC)CCCC(OCCC(C)C)C1. The number of likely N-dealkylation sites (N-methyl/N-ethyl adjacent to an activating group) is 1. The van der Waals surface area contributed by atoms with E-state index >= 15 is 0 Å². The highest BCUT2D eigenvalue weighted by molar-refractivity contribution is 5.81. The quantitative estimate of drug-likeness (QED) is 0.697. The van der Waals surface area contributed by atoms with E-state index in [0.717, 1.165) is 45.3 Å². The summed E-state index contributed by atoms with van der Waals surface area (Å²) in [6, 6.07) is 0. The first-order chi connectivity index (χ1) is 9.54. The van der Waals surface area contributed by atoms with Crippen molar-refractivity contribution in [3.8, 4) is 0 Å². The molecule has 4 nitrogen and oxygen atoms in total. The minimum Gasteiger partial charge on any atom is -0.465 e.